The van der Waals surface area contributed by atoms with Crippen molar-refractivity contribution in [2.45, 2.75) is 13.0 Å². The van der Waals surface area contributed by atoms with Crippen LogP contribution in [0.15, 0.2) is 41.4 Å². The highest BCUT2D eigenvalue weighted by Gasteiger charge is 2.09. The van der Waals surface area contributed by atoms with Gasteiger partial charge in [0.1, 0.15) is 0 Å². The second kappa shape index (κ2) is 6.38. The van der Waals surface area contributed by atoms with Crippen LogP contribution in [0.5, 0.6) is 0 Å². The number of imidazole rings is 1. The third kappa shape index (κ3) is 3.82. The van der Waals surface area contributed by atoms with Crippen LogP contribution in [0.3, 0.4) is 0 Å². The Labute approximate surface area is 119 Å². The lowest BCUT2D eigenvalue weighted by Crippen LogP contribution is -2.09. The quantitative estimate of drug-likeness (QED) is 0.802. The minimum atomic E-state index is -0.932. The summed E-state index contributed by atoms with van der Waals surface area (Å²) in [6.45, 7) is 1.56. The molecule has 0 unspecified atom stereocenters. The number of aryl methyl sites for hydroxylation is 1. The van der Waals surface area contributed by atoms with Gasteiger partial charge in [0.15, 0.2) is 0 Å². The molecule has 1 heterocycles. The number of hydrogen-bond acceptors (Lipinski definition) is 3. The lowest BCUT2D eigenvalue weighted by atomic mass is 10.2. The Hall–Kier alpha value is -1.82. The lowest BCUT2D eigenvalue weighted by molar-refractivity contribution is 0.0698. The van der Waals surface area contributed by atoms with Crippen molar-refractivity contribution in [2.75, 3.05) is 11.9 Å². The van der Waals surface area contributed by atoms with Crippen LogP contribution >= 0.6 is 15.9 Å². The van der Waals surface area contributed by atoms with Crippen LogP contribution in [-0.2, 0) is 6.54 Å². The Kier molecular flexibility index (Phi) is 4.57. The van der Waals surface area contributed by atoms with Gasteiger partial charge in [-0.15, -0.1) is 0 Å². The van der Waals surface area contributed by atoms with Gasteiger partial charge in [0.2, 0.25) is 0 Å². The van der Waals surface area contributed by atoms with Crippen LogP contribution in [0.25, 0.3) is 0 Å². The van der Waals surface area contributed by atoms with Gasteiger partial charge in [-0.2, -0.15) is 0 Å². The van der Waals surface area contributed by atoms with Crippen molar-refractivity contribution in [3.05, 3.63) is 47.0 Å². The fourth-order valence-corrected chi connectivity index (χ4v) is 2.11. The molecule has 1 aromatic heterocycles. The molecule has 0 atom stereocenters. The number of carboxylic acids is 1. The molecule has 2 rings (SSSR count). The molecule has 0 saturated heterocycles. The van der Waals surface area contributed by atoms with Crippen LogP contribution in [0.2, 0.25) is 0 Å². The Morgan fingerprint density at radius 3 is 3.00 bits per heavy atom. The largest absolute Gasteiger partial charge is 0.478 e. The van der Waals surface area contributed by atoms with E-state index in [-0.39, 0.29) is 5.56 Å². The summed E-state index contributed by atoms with van der Waals surface area (Å²) < 4.78 is 2.75. The summed E-state index contributed by atoms with van der Waals surface area (Å²) in [4.78, 5) is 15.1. The molecule has 2 aromatic rings. The van der Waals surface area contributed by atoms with E-state index < -0.39 is 5.97 Å². The fourth-order valence-electron chi connectivity index (χ4n) is 1.75. The van der Waals surface area contributed by atoms with E-state index in [1.165, 1.54) is 0 Å². The SMILES string of the molecule is O=C(O)c1cc(Br)ccc1NCCCn1ccnc1. The summed E-state index contributed by atoms with van der Waals surface area (Å²) in [5, 5.41) is 12.3. The van der Waals surface area contributed by atoms with Gasteiger partial charge >= 0.3 is 5.97 Å². The molecule has 0 spiro atoms. The Morgan fingerprint density at radius 1 is 1.47 bits per heavy atom. The third-order valence-corrected chi connectivity index (χ3v) is 3.17. The standard InChI is InChI=1S/C13H14BrN3O2/c14-10-2-3-12(11(8-10)13(18)19)16-4-1-6-17-7-5-15-9-17/h2-3,5,7-9,16H,1,4,6H2,(H,18,19). The zero-order chi connectivity index (χ0) is 13.7. The van der Waals surface area contributed by atoms with E-state index in [1.807, 2.05) is 16.8 Å². The molecule has 2 N–H and O–H groups in total. The van der Waals surface area contributed by atoms with Crippen molar-refractivity contribution in [3.8, 4) is 0 Å². The number of aromatic nitrogens is 2. The number of carbonyl (C=O) groups is 1. The highest BCUT2D eigenvalue weighted by Crippen LogP contribution is 2.21. The van der Waals surface area contributed by atoms with Gasteiger partial charge in [0.25, 0.3) is 0 Å². The predicted octanol–water partition coefficient (Wildman–Crippen LogP) is 2.85. The molecule has 0 amide bonds. The average Bonchev–Trinajstić information content (AvgIpc) is 2.89. The summed E-state index contributed by atoms with van der Waals surface area (Å²) in [7, 11) is 0. The second-order valence-electron chi connectivity index (χ2n) is 4.08. The zero-order valence-corrected chi connectivity index (χ0v) is 11.8. The van der Waals surface area contributed by atoms with Crippen LogP contribution in [-0.4, -0.2) is 27.2 Å². The van der Waals surface area contributed by atoms with E-state index in [1.54, 1.807) is 24.7 Å². The first-order valence-corrected chi connectivity index (χ1v) is 6.68. The highest BCUT2D eigenvalue weighted by molar-refractivity contribution is 9.10. The molecular formula is C13H14BrN3O2. The first-order chi connectivity index (χ1) is 9.16. The molecule has 0 fully saturated rings. The molecule has 1 aromatic carbocycles. The summed E-state index contributed by atoms with van der Waals surface area (Å²) in [5.74, 6) is -0.932. The number of nitrogens with zero attached hydrogens (tertiary/aromatic N) is 2. The highest BCUT2D eigenvalue weighted by atomic mass is 79.9. The van der Waals surface area contributed by atoms with Gasteiger partial charge in [-0.1, -0.05) is 15.9 Å². The maximum absolute atomic E-state index is 11.1. The van der Waals surface area contributed by atoms with Crippen molar-refractivity contribution in [2.24, 2.45) is 0 Å². The van der Waals surface area contributed by atoms with E-state index in [4.69, 9.17) is 5.11 Å². The van der Waals surface area contributed by atoms with E-state index in [0.717, 1.165) is 17.4 Å². The molecule has 6 heteroatoms. The van der Waals surface area contributed by atoms with Gasteiger partial charge in [0, 0.05) is 35.6 Å². The summed E-state index contributed by atoms with van der Waals surface area (Å²) in [6.07, 6.45) is 6.31. The first kappa shape index (κ1) is 13.6. The van der Waals surface area contributed by atoms with Crippen molar-refractivity contribution in [3.63, 3.8) is 0 Å². The number of nitrogens with one attached hydrogen (secondary N) is 1. The Morgan fingerprint density at radius 2 is 2.32 bits per heavy atom. The predicted molar refractivity (Wildman–Crippen MR) is 76.4 cm³/mol. The molecule has 19 heavy (non-hydrogen) atoms. The smallest absolute Gasteiger partial charge is 0.337 e. The molecular weight excluding hydrogens is 310 g/mol. The molecule has 0 aliphatic heterocycles. The molecule has 0 aliphatic carbocycles. The van der Waals surface area contributed by atoms with Gasteiger partial charge in [-0.25, -0.2) is 9.78 Å². The number of halogens is 1. The molecule has 100 valence electrons. The summed E-state index contributed by atoms with van der Waals surface area (Å²) in [6, 6.07) is 5.19. The van der Waals surface area contributed by atoms with E-state index in [2.05, 4.69) is 26.2 Å². The number of benzene rings is 1. The first-order valence-electron chi connectivity index (χ1n) is 5.89. The van der Waals surface area contributed by atoms with Crippen LogP contribution in [0.1, 0.15) is 16.8 Å². The monoisotopic (exact) mass is 323 g/mol. The maximum atomic E-state index is 11.1. The van der Waals surface area contributed by atoms with E-state index in [9.17, 15) is 4.79 Å². The van der Waals surface area contributed by atoms with Crippen LogP contribution in [0, 0.1) is 0 Å². The van der Waals surface area contributed by atoms with Crippen molar-refractivity contribution in [1.29, 1.82) is 0 Å². The van der Waals surface area contributed by atoms with E-state index >= 15 is 0 Å². The van der Waals surface area contributed by atoms with Gasteiger partial charge in [-0.05, 0) is 24.6 Å². The van der Waals surface area contributed by atoms with Crippen molar-refractivity contribution < 1.29 is 9.90 Å². The van der Waals surface area contributed by atoms with E-state index in [0.29, 0.717) is 12.2 Å². The minimum absolute atomic E-state index is 0.275. The molecule has 0 aliphatic rings. The molecule has 0 saturated carbocycles. The fraction of sp³-hybridized carbons (Fsp3) is 0.231. The normalized spacial score (nSPS) is 10.4. The number of carboxylic acid groups (broad SMARTS) is 1. The number of aromatic carboxylic acids is 1. The molecule has 5 nitrogen and oxygen atoms in total. The minimum Gasteiger partial charge on any atom is -0.478 e. The van der Waals surface area contributed by atoms with Crippen molar-refractivity contribution in [1.82, 2.24) is 9.55 Å². The maximum Gasteiger partial charge on any atom is 0.337 e. The number of hydrogen-bond donors (Lipinski definition) is 2. The van der Waals surface area contributed by atoms with Crippen LogP contribution < -0.4 is 5.32 Å². The number of anilines is 1. The Bertz CT molecular complexity index is 555. The van der Waals surface area contributed by atoms with Crippen LogP contribution in [0.4, 0.5) is 5.69 Å². The number of rotatable bonds is 6. The summed E-state index contributed by atoms with van der Waals surface area (Å²) in [5.41, 5.74) is 0.915. The lowest BCUT2D eigenvalue weighted by Gasteiger charge is -2.10. The summed E-state index contributed by atoms with van der Waals surface area (Å²) >= 11 is 3.27. The van der Waals surface area contributed by atoms with Crippen molar-refractivity contribution >= 4 is 27.6 Å². The third-order valence-electron chi connectivity index (χ3n) is 2.68. The molecule has 0 radical (unpaired) electrons. The Balaban J connectivity index is 1.90. The topological polar surface area (TPSA) is 67.2 Å². The average molecular weight is 324 g/mol. The second-order valence-corrected chi connectivity index (χ2v) is 4.99. The van der Waals surface area contributed by atoms with Gasteiger partial charge in [-0.3, -0.25) is 0 Å². The molecule has 0 bridgehead atoms. The van der Waals surface area contributed by atoms with Gasteiger partial charge in [0.05, 0.1) is 11.9 Å². The zero-order valence-electron chi connectivity index (χ0n) is 10.2. The van der Waals surface area contributed by atoms with Gasteiger partial charge < -0.3 is 15.0 Å².